The summed E-state index contributed by atoms with van der Waals surface area (Å²) in [5.41, 5.74) is 6.01. The molecule has 0 radical (unpaired) electrons. The van der Waals surface area contributed by atoms with Crippen LogP contribution in [0.3, 0.4) is 0 Å². The monoisotopic (exact) mass is 193 g/mol. The molecular formula is C11H19N3. The third-order valence-electron chi connectivity index (χ3n) is 3.75. The van der Waals surface area contributed by atoms with Crippen molar-refractivity contribution in [3.63, 3.8) is 0 Å². The second-order valence-electron chi connectivity index (χ2n) is 4.36. The van der Waals surface area contributed by atoms with Crippen LogP contribution in [0.4, 0.5) is 0 Å². The average molecular weight is 193 g/mol. The van der Waals surface area contributed by atoms with Gasteiger partial charge in [0.2, 0.25) is 0 Å². The molecule has 0 aromatic rings. The molecule has 0 saturated carbocycles. The number of nitrogens with zero attached hydrogens (tertiary/aromatic N) is 1. The summed E-state index contributed by atoms with van der Waals surface area (Å²) in [6.07, 6.45) is 9.02. The van der Waals surface area contributed by atoms with E-state index in [2.05, 4.69) is 16.1 Å². The molecule has 0 spiro atoms. The molecule has 2 unspecified atom stereocenters. The largest absolute Gasteiger partial charge is 0.329 e. The molecule has 3 nitrogen and oxygen atoms in total. The fourth-order valence-corrected chi connectivity index (χ4v) is 2.97. The maximum Gasteiger partial charge on any atom is 0.0579 e. The first kappa shape index (κ1) is 9.97. The normalized spacial score (nSPS) is 37.0. The number of nitrogens with one attached hydrogen (secondary N) is 1. The summed E-state index contributed by atoms with van der Waals surface area (Å²) in [6.45, 7) is 3.76. The molecule has 2 saturated heterocycles. The van der Waals surface area contributed by atoms with Crippen molar-refractivity contribution in [1.82, 2.24) is 10.2 Å². The highest BCUT2D eigenvalue weighted by Gasteiger charge is 2.47. The van der Waals surface area contributed by atoms with Crippen LogP contribution in [0.5, 0.6) is 0 Å². The van der Waals surface area contributed by atoms with Crippen molar-refractivity contribution >= 4 is 0 Å². The molecule has 3 heteroatoms. The van der Waals surface area contributed by atoms with Gasteiger partial charge in [-0.05, 0) is 25.8 Å². The number of nitrogens with two attached hydrogens (primary N) is 1. The highest BCUT2D eigenvalue weighted by molar-refractivity contribution is 5.10. The van der Waals surface area contributed by atoms with Crippen LogP contribution < -0.4 is 11.1 Å². The molecular weight excluding hydrogens is 174 g/mol. The molecule has 14 heavy (non-hydrogen) atoms. The highest BCUT2D eigenvalue weighted by Crippen LogP contribution is 2.35. The SMILES string of the molecule is C#CCNC1(CN)CCN2CCCC21. The summed E-state index contributed by atoms with van der Waals surface area (Å²) in [4.78, 5) is 2.55. The maximum atomic E-state index is 5.91. The van der Waals surface area contributed by atoms with Crippen LogP contribution in [0.15, 0.2) is 0 Å². The number of hydrogen-bond donors (Lipinski definition) is 2. The van der Waals surface area contributed by atoms with Crippen molar-refractivity contribution in [1.29, 1.82) is 0 Å². The lowest BCUT2D eigenvalue weighted by Crippen LogP contribution is -2.58. The van der Waals surface area contributed by atoms with Crippen molar-refractivity contribution in [3.8, 4) is 12.3 Å². The van der Waals surface area contributed by atoms with Crippen LogP contribution in [-0.4, -0.2) is 42.7 Å². The Balaban J connectivity index is 2.08. The molecule has 2 fully saturated rings. The summed E-state index contributed by atoms with van der Waals surface area (Å²) < 4.78 is 0. The summed E-state index contributed by atoms with van der Waals surface area (Å²) in [5.74, 6) is 2.65. The topological polar surface area (TPSA) is 41.3 Å². The zero-order chi connectivity index (χ0) is 10.0. The molecule has 2 aliphatic rings. The smallest absolute Gasteiger partial charge is 0.0579 e. The van der Waals surface area contributed by atoms with Gasteiger partial charge in [-0.3, -0.25) is 10.2 Å². The Morgan fingerprint density at radius 1 is 1.57 bits per heavy atom. The van der Waals surface area contributed by atoms with Gasteiger partial charge in [0.15, 0.2) is 0 Å². The predicted molar refractivity (Wildman–Crippen MR) is 57.8 cm³/mol. The summed E-state index contributed by atoms with van der Waals surface area (Å²) in [5, 5.41) is 3.46. The van der Waals surface area contributed by atoms with E-state index in [0.29, 0.717) is 19.1 Å². The first-order chi connectivity index (χ1) is 6.82. The van der Waals surface area contributed by atoms with Crippen molar-refractivity contribution in [2.24, 2.45) is 5.73 Å². The summed E-state index contributed by atoms with van der Waals surface area (Å²) in [6, 6.07) is 0.626. The summed E-state index contributed by atoms with van der Waals surface area (Å²) in [7, 11) is 0. The van der Waals surface area contributed by atoms with Gasteiger partial charge in [-0.2, -0.15) is 0 Å². The van der Waals surface area contributed by atoms with Crippen molar-refractivity contribution in [2.75, 3.05) is 26.2 Å². The van der Waals surface area contributed by atoms with Gasteiger partial charge >= 0.3 is 0 Å². The van der Waals surface area contributed by atoms with Crippen LogP contribution in [0.1, 0.15) is 19.3 Å². The average Bonchev–Trinajstić information content (AvgIpc) is 2.77. The quantitative estimate of drug-likeness (QED) is 0.609. The molecule has 78 valence electrons. The molecule has 0 bridgehead atoms. The molecule has 0 aliphatic carbocycles. The van der Waals surface area contributed by atoms with E-state index < -0.39 is 0 Å². The second kappa shape index (κ2) is 3.90. The number of rotatable bonds is 3. The minimum Gasteiger partial charge on any atom is -0.329 e. The first-order valence-electron chi connectivity index (χ1n) is 5.45. The zero-order valence-electron chi connectivity index (χ0n) is 8.63. The van der Waals surface area contributed by atoms with E-state index in [9.17, 15) is 0 Å². The second-order valence-corrected chi connectivity index (χ2v) is 4.36. The van der Waals surface area contributed by atoms with Crippen LogP contribution in [-0.2, 0) is 0 Å². The minimum absolute atomic E-state index is 0.100. The Bertz CT molecular complexity index is 245. The first-order valence-corrected chi connectivity index (χ1v) is 5.45. The molecule has 3 N–H and O–H groups in total. The van der Waals surface area contributed by atoms with E-state index in [1.54, 1.807) is 0 Å². The summed E-state index contributed by atoms with van der Waals surface area (Å²) >= 11 is 0. The third-order valence-corrected chi connectivity index (χ3v) is 3.75. The molecule has 2 aliphatic heterocycles. The molecule has 2 heterocycles. The van der Waals surface area contributed by atoms with Crippen LogP contribution in [0.2, 0.25) is 0 Å². The van der Waals surface area contributed by atoms with Gasteiger partial charge in [0, 0.05) is 24.7 Å². The molecule has 0 aromatic heterocycles. The molecule has 2 atom stereocenters. The molecule has 2 rings (SSSR count). The van der Waals surface area contributed by atoms with Crippen molar-refractivity contribution in [3.05, 3.63) is 0 Å². The fraction of sp³-hybridized carbons (Fsp3) is 0.818. The number of hydrogen-bond acceptors (Lipinski definition) is 3. The van der Waals surface area contributed by atoms with Crippen LogP contribution in [0.25, 0.3) is 0 Å². The van der Waals surface area contributed by atoms with E-state index in [0.717, 1.165) is 6.42 Å². The minimum atomic E-state index is 0.100. The third kappa shape index (κ3) is 1.44. The number of fused-ring (bicyclic) bond motifs is 1. The Morgan fingerprint density at radius 2 is 2.43 bits per heavy atom. The van der Waals surface area contributed by atoms with E-state index >= 15 is 0 Å². The lowest BCUT2D eigenvalue weighted by Gasteiger charge is -2.34. The van der Waals surface area contributed by atoms with Crippen LogP contribution >= 0.6 is 0 Å². The Hall–Kier alpha value is -0.560. The fourth-order valence-electron chi connectivity index (χ4n) is 2.97. The van der Waals surface area contributed by atoms with Crippen molar-refractivity contribution < 1.29 is 0 Å². The lowest BCUT2D eigenvalue weighted by atomic mass is 9.88. The van der Waals surface area contributed by atoms with Gasteiger partial charge in [-0.15, -0.1) is 6.42 Å². The van der Waals surface area contributed by atoms with Crippen molar-refractivity contribution in [2.45, 2.75) is 30.8 Å². The standard InChI is InChI=1S/C11H19N3/c1-2-6-13-11(9-12)5-8-14-7-3-4-10(11)14/h1,10,13H,3-9,12H2. The lowest BCUT2D eigenvalue weighted by molar-refractivity contribution is 0.235. The maximum absolute atomic E-state index is 5.91. The van der Waals surface area contributed by atoms with Gasteiger partial charge in [-0.25, -0.2) is 0 Å². The van der Waals surface area contributed by atoms with E-state index in [1.807, 2.05) is 0 Å². The predicted octanol–water partition coefficient (Wildman–Crippen LogP) is -0.225. The molecule has 0 amide bonds. The van der Waals surface area contributed by atoms with E-state index in [-0.39, 0.29) is 5.54 Å². The van der Waals surface area contributed by atoms with E-state index in [1.165, 1.54) is 25.9 Å². The number of terminal acetylenes is 1. The zero-order valence-corrected chi connectivity index (χ0v) is 8.63. The Kier molecular flexibility index (Phi) is 2.78. The van der Waals surface area contributed by atoms with Gasteiger partial charge in [0.25, 0.3) is 0 Å². The Morgan fingerprint density at radius 3 is 3.14 bits per heavy atom. The van der Waals surface area contributed by atoms with Gasteiger partial charge in [0.1, 0.15) is 0 Å². The Labute approximate surface area is 86.0 Å². The van der Waals surface area contributed by atoms with Crippen LogP contribution in [0, 0.1) is 12.3 Å². The van der Waals surface area contributed by atoms with Gasteiger partial charge in [-0.1, -0.05) is 5.92 Å². The van der Waals surface area contributed by atoms with Gasteiger partial charge in [0.05, 0.1) is 6.54 Å². The molecule has 0 aromatic carbocycles. The highest BCUT2D eigenvalue weighted by atomic mass is 15.3. The van der Waals surface area contributed by atoms with Gasteiger partial charge < -0.3 is 5.73 Å². The van der Waals surface area contributed by atoms with E-state index in [4.69, 9.17) is 12.2 Å².